The Balaban J connectivity index is 2.62. The summed E-state index contributed by atoms with van der Waals surface area (Å²) in [5.41, 5.74) is 2.19. The predicted octanol–water partition coefficient (Wildman–Crippen LogP) is 3.28. The first-order chi connectivity index (χ1) is 10.8. The number of rotatable bonds is 4. The van der Waals surface area contributed by atoms with Crippen LogP contribution in [0.15, 0.2) is 27.9 Å². The maximum Gasteiger partial charge on any atom is 0.173 e. The molecule has 7 heteroatoms. The fraction of sp³-hybridized carbons (Fsp3) is 0.375. The first-order valence-electron chi connectivity index (χ1n) is 7.18. The highest BCUT2D eigenvalue weighted by molar-refractivity contribution is 9.10. The van der Waals surface area contributed by atoms with Crippen LogP contribution in [0, 0.1) is 0 Å². The Morgan fingerprint density at radius 1 is 1.52 bits per heavy atom. The van der Waals surface area contributed by atoms with Gasteiger partial charge in [-0.05, 0) is 60.5 Å². The molecule has 124 valence electrons. The number of Topliss-reactive ketones (excluding diaryl/α,β-unsaturated/α-hetero) is 1. The van der Waals surface area contributed by atoms with Gasteiger partial charge in [0.1, 0.15) is 0 Å². The van der Waals surface area contributed by atoms with Crippen LogP contribution in [0.25, 0.3) is 0 Å². The van der Waals surface area contributed by atoms with Gasteiger partial charge >= 0.3 is 0 Å². The third-order valence-corrected chi connectivity index (χ3v) is 5.10. The summed E-state index contributed by atoms with van der Waals surface area (Å²) in [6.07, 6.45) is 0. The van der Waals surface area contributed by atoms with Crippen molar-refractivity contribution in [3.8, 4) is 11.5 Å². The van der Waals surface area contributed by atoms with E-state index in [-0.39, 0.29) is 11.5 Å². The number of halogens is 1. The van der Waals surface area contributed by atoms with Crippen molar-refractivity contribution in [1.82, 2.24) is 10.2 Å². The predicted molar refractivity (Wildman–Crippen MR) is 96.6 cm³/mol. The van der Waals surface area contributed by atoms with Crippen LogP contribution in [-0.4, -0.2) is 34.6 Å². The number of carbonyl (C=O) groups excluding carboxylic acids is 1. The molecule has 0 aromatic heterocycles. The van der Waals surface area contributed by atoms with Crippen molar-refractivity contribution in [1.29, 1.82) is 0 Å². The summed E-state index contributed by atoms with van der Waals surface area (Å²) in [6, 6.07) is 3.05. The van der Waals surface area contributed by atoms with Gasteiger partial charge in [-0.15, -0.1) is 0 Å². The lowest BCUT2D eigenvalue weighted by Crippen LogP contribution is -2.47. The zero-order valence-corrected chi connectivity index (χ0v) is 15.8. The Kier molecular flexibility index (Phi) is 5.31. The minimum atomic E-state index is -0.422. The van der Waals surface area contributed by atoms with Crippen molar-refractivity contribution in [2.75, 3.05) is 13.7 Å². The van der Waals surface area contributed by atoms with Gasteiger partial charge in [-0.2, -0.15) is 0 Å². The van der Waals surface area contributed by atoms with Crippen LogP contribution in [-0.2, 0) is 4.79 Å². The zero-order chi connectivity index (χ0) is 17.3. The molecule has 0 saturated heterocycles. The fourth-order valence-corrected chi connectivity index (χ4v) is 3.74. The normalized spacial score (nSPS) is 18.0. The largest absolute Gasteiger partial charge is 0.503 e. The fourth-order valence-electron chi connectivity index (χ4n) is 2.80. The van der Waals surface area contributed by atoms with E-state index in [2.05, 4.69) is 21.2 Å². The van der Waals surface area contributed by atoms with Gasteiger partial charge in [0.05, 0.1) is 17.6 Å². The van der Waals surface area contributed by atoms with Crippen LogP contribution < -0.4 is 10.1 Å². The van der Waals surface area contributed by atoms with E-state index in [4.69, 9.17) is 17.0 Å². The Hall–Kier alpha value is -1.60. The quantitative estimate of drug-likeness (QED) is 0.758. The lowest BCUT2D eigenvalue weighted by molar-refractivity contribution is -0.114. The Labute approximate surface area is 149 Å². The molecule has 1 aliphatic heterocycles. The number of nitrogens with one attached hydrogen (secondary N) is 1. The molecule has 0 fully saturated rings. The van der Waals surface area contributed by atoms with E-state index in [1.807, 2.05) is 18.7 Å². The number of hydrogen-bond acceptors (Lipinski definition) is 4. The number of hydrogen-bond donors (Lipinski definition) is 2. The van der Waals surface area contributed by atoms with Crippen molar-refractivity contribution in [3.63, 3.8) is 0 Å². The number of carbonyl (C=O) groups is 1. The smallest absolute Gasteiger partial charge is 0.173 e. The summed E-state index contributed by atoms with van der Waals surface area (Å²) >= 11 is 8.81. The van der Waals surface area contributed by atoms with E-state index in [1.165, 1.54) is 14.0 Å². The van der Waals surface area contributed by atoms with Crippen molar-refractivity contribution >= 4 is 39.0 Å². The van der Waals surface area contributed by atoms with Gasteiger partial charge < -0.3 is 20.1 Å². The van der Waals surface area contributed by atoms with Crippen LogP contribution in [0.1, 0.15) is 32.4 Å². The zero-order valence-electron chi connectivity index (χ0n) is 13.4. The van der Waals surface area contributed by atoms with Gasteiger partial charge in [0.25, 0.3) is 0 Å². The van der Waals surface area contributed by atoms with Crippen molar-refractivity contribution in [2.45, 2.75) is 26.8 Å². The first-order valence-corrected chi connectivity index (χ1v) is 8.38. The van der Waals surface area contributed by atoms with Gasteiger partial charge in [-0.1, -0.05) is 6.07 Å². The lowest BCUT2D eigenvalue weighted by Gasteiger charge is -2.37. The van der Waals surface area contributed by atoms with Gasteiger partial charge in [-0.25, -0.2) is 0 Å². The molecule has 1 atom stereocenters. The average Bonchev–Trinajstić information content (AvgIpc) is 2.49. The summed E-state index contributed by atoms with van der Waals surface area (Å²) in [5, 5.41) is 14.0. The van der Waals surface area contributed by atoms with E-state index in [9.17, 15) is 9.90 Å². The number of thiocarbonyl (C=S) groups is 1. The highest BCUT2D eigenvalue weighted by Crippen LogP contribution is 2.42. The second-order valence-electron chi connectivity index (χ2n) is 5.20. The monoisotopic (exact) mass is 398 g/mol. The SMILES string of the molecule is CCN1C(=S)NC(c2ccc(OC)c(O)c2Br)C(C(C)=O)=C1C. The summed E-state index contributed by atoms with van der Waals surface area (Å²) in [6.45, 7) is 6.07. The van der Waals surface area contributed by atoms with Crippen LogP contribution in [0.4, 0.5) is 0 Å². The number of ether oxygens (including phenoxy) is 1. The van der Waals surface area contributed by atoms with Crippen LogP contribution in [0.5, 0.6) is 11.5 Å². The van der Waals surface area contributed by atoms with Crippen molar-refractivity contribution < 1.29 is 14.6 Å². The number of phenolic OH excluding ortho intramolecular Hbond substituents is 1. The molecule has 1 aromatic carbocycles. The number of benzene rings is 1. The lowest BCUT2D eigenvalue weighted by atomic mass is 9.92. The second kappa shape index (κ2) is 6.88. The number of nitrogens with zero attached hydrogens (tertiary/aromatic N) is 1. The highest BCUT2D eigenvalue weighted by atomic mass is 79.9. The standard InChI is InChI=1S/C16H19BrN2O3S/c1-5-19-8(2)12(9(3)20)14(18-16(19)23)10-6-7-11(22-4)15(21)13(10)17/h6-7,14,21H,5H2,1-4H3,(H,18,23). The Morgan fingerprint density at radius 3 is 2.70 bits per heavy atom. The highest BCUT2D eigenvalue weighted by Gasteiger charge is 2.33. The molecule has 0 radical (unpaired) electrons. The van der Waals surface area contributed by atoms with E-state index in [0.717, 1.165) is 11.3 Å². The number of aromatic hydroxyl groups is 1. The summed E-state index contributed by atoms with van der Waals surface area (Å²) in [5.74, 6) is 0.318. The molecular formula is C16H19BrN2O3S. The van der Waals surface area contributed by atoms with Crippen LogP contribution in [0.2, 0.25) is 0 Å². The molecule has 1 aromatic rings. The van der Waals surface area contributed by atoms with Crippen LogP contribution >= 0.6 is 28.1 Å². The minimum Gasteiger partial charge on any atom is -0.503 e. The van der Waals surface area contributed by atoms with E-state index in [0.29, 0.717) is 27.5 Å². The van der Waals surface area contributed by atoms with E-state index < -0.39 is 6.04 Å². The molecule has 2 N–H and O–H groups in total. The number of phenols is 1. The molecule has 0 bridgehead atoms. The maximum absolute atomic E-state index is 12.2. The number of ketones is 1. The van der Waals surface area contributed by atoms with Gasteiger partial charge in [-0.3, -0.25) is 4.79 Å². The Bertz CT molecular complexity index is 703. The van der Waals surface area contributed by atoms with Gasteiger partial charge in [0, 0.05) is 17.8 Å². The van der Waals surface area contributed by atoms with Gasteiger partial charge in [0.15, 0.2) is 22.4 Å². The van der Waals surface area contributed by atoms with Crippen molar-refractivity contribution in [2.24, 2.45) is 0 Å². The maximum atomic E-state index is 12.2. The Morgan fingerprint density at radius 2 is 2.17 bits per heavy atom. The third-order valence-electron chi connectivity index (χ3n) is 3.93. The van der Waals surface area contributed by atoms with E-state index >= 15 is 0 Å². The molecule has 1 aliphatic rings. The molecule has 23 heavy (non-hydrogen) atoms. The average molecular weight is 399 g/mol. The van der Waals surface area contributed by atoms with Crippen molar-refractivity contribution in [3.05, 3.63) is 33.4 Å². The molecular weight excluding hydrogens is 380 g/mol. The number of allylic oxidation sites excluding steroid dienone is 1. The summed E-state index contributed by atoms with van der Waals surface area (Å²) in [7, 11) is 1.49. The first kappa shape index (κ1) is 17.7. The molecule has 0 saturated carbocycles. The third kappa shape index (κ3) is 3.07. The molecule has 0 spiro atoms. The number of methoxy groups -OCH3 is 1. The summed E-state index contributed by atoms with van der Waals surface area (Å²) < 4.78 is 5.59. The van der Waals surface area contributed by atoms with Crippen LogP contribution in [0.3, 0.4) is 0 Å². The second-order valence-corrected chi connectivity index (χ2v) is 6.38. The molecule has 1 heterocycles. The van der Waals surface area contributed by atoms with E-state index in [1.54, 1.807) is 12.1 Å². The minimum absolute atomic E-state index is 0.00352. The molecule has 0 aliphatic carbocycles. The molecule has 2 rings (SSSR count). The van der Waals surface area contributed by atoms with Gasteiger partial charge in [0.2, 0.25) is 0 Å². The topological polar surface area (TPSA) is 61.8 Å². The summed E-state index contributed by atoms with van der Waals surface area (Å²) in [4.78, 5) is 14.1. The molecule has 0 amide bonds. The molecule has 5 nitrogen and oxygen atoms in total. The molecule has 1 unspecified atom stereocenters.